The summed E-state index contributed by atoms with van der Waals surface area (Å²) in [6.07, 6.45) is 3.52. The van der Waals surface area contributed by atoms with Gasteiger partial charge in [0.1, 0.15) is 0 Å². The van der Waals surface area contributed by atoms with Crippen molar-refractivity contribution in [3.8, 4) is 0 Å². The molecule has 0 radical (unpaired) electrons. The first kappa shape index (κ1) is 14.6. The van der Waals surface area contributed by atoms with Gasteiger partial charge in [-0.3, -0.25) is 4.55 Å². The van der Waals surface area contributed by atoms with Crippen molar-refractivity contribution < 1.29 is 17.7 Å². The smallest absolute Gasteiger partial charge is 0.264 e. The molecule has 0 bridgehead atoms. The molecule has 5 nitrogen and oxygen atoms in total. The quantitative estimate of drug-likeness (QED) is 0.552. The first-order valence-electron chi connectivity index (χ1n) is 5.87. The van der Waals surface area contributed by atoms with Crippen LogP contribution in [0.25, 0.3) is 0 Å². The lowest BCUT2D eigenvalue weighted by Gasteiger charge is -2.44. The molecular formula is C11H21NO4S. The zero-order valence-electron chi connectivity index (χ0n) is 10.2. The lowest BCUT2D eigenvalue weighted by atomic mass is 9.85. The molecule has 6 heteroatoms. The third-order valence-electron chi connectivity index (χ3n) is 3.30. The standard InChI is InChI=1S/C11H21NO4S/c1-3-5-10-11(4-2,16-8-7-12-10)6-9-17(13,14)15/h3,10,12H,1,4-9H2,2H3,(H,13,14,15). The molecule has 2 unspecified atom stereocenters. The normalized spacial score (nSPS) is 30.1. The molecule has 1 aliphatic heterocycles. The van der Waals surface area contributed by atoms with Crippen LogP contribution in [0.2, 0.25) is 0 Å². The number of nitrogens with one attached hydrogen (secondary N) is 1. The van der Waals surface area contributed by atoms with Gasteiger partial charge in [-0.2, -0.15) is 8.42 Å². The predicted octanol–water partition coefficient (Wildman–Crippen LogP) is 0.978. The lowest BCUT2D eigenvalue weighted by Crippen LogP contribution is -2.58. The highest BCUT2D eigenvalue weighted by atomic mass is 32.2. The topological polar surface area (TPSA) is 75.6 Å². The van der Waals surface area contributed by atoms with Gasteiger partial charge in [0.15, 0.2) is 0 Å². The molecule has 1 aliphatic rings. The van der Waals surface area contributed by atoms with Crippen LogP contribution in [0.1, 0.15) is 26.2 Å². The van der Waals surface area contributed by atoms with E-state index in [1.54, 1.807) is 6.08 Å². The SMILES string of the molecule is C=CCC1NCCOC1(CC)CCS(=O)(=O)O. The minimum Gasteiger partial charge on any atom is -0.372 e. The van der Waals surface area contributed by atoms with Crippen molar-refractivity contribution in [3.63, 3.8) is 0 Å². The first-order chi connectivity index (χ1) is 7.93. The summed E-state index contributed by atoms with van der Waals surface area (Å²) in [5.41, 5.74) is -0.526. The van der Waals surface area contributed by atoms with Crippen LogP contribution < -0.4 is 5.32 Å². The molecule has 1 rings (SSSR count). The van der Waals surface area contributed by atoms with E-state index in [0.717, 1.165) is 13.0 Å². The van der Waals surface area contributed by atoms with Crippen LogP contribution in [0.3, 0.4) is 0 Å². The zero-order valence-corrected chi connectivity index (χ0v) is 11.0. The van der Waals surface area contributed by atoms with E-state index in [4.69, 9.17) is 9.29 Å². The summed E-state index contributed by atoms with van der Waals surface area (Å²) in [7, 11) is -3.94. The van der Waals surface area contributed by atoms with Crippen LogP contribution in [-0.2, 0) is 14.9 Å². The summed E-state index contributed by atoms with van der Waals surface area (Å²) in [5.74, 6) is -0.268. The maximum atomic E-state index is 10.9. The highest BCUT2D eigenvalue weighted by Gasteiger charge is 2.40. The average molecular weight is 263 g/mol. The maximum Gasteiger partial charge on any atom is 0.264 e. The molecule has 2 N–H and O–H groups in total. The maximum absolute atomic E-state index is 10.9. The van der Waals surface area contributed by atoms with Crippen molar-refractivity contribution >= 4 is 10.1 Å². The first-order valence-corrected chi connectivity index (χ1v) is 7.48. The zero-order chi connectivity index (χ0) is 12.9. The van der Waals surface area contributed by atoms with Gasteiger partial charge in [-0.15, -0.1) is 6.58 Å². The van der Waals surface area contributed by atoms with Gasteiger partial charge in [-0.1, -0.05) is 13.0 Å². The van der Waals surface area contributed by atoms with E-state index in [2.05, 4.69) is 11.9 Å². The van der Waals surface area contributed by atoms with Crippen LogP contribution in [0.5, 0.6) is 0 Å². The van der Waals surface area contributed by atoms with E-state index in [-0.39, 0.29) is 11.8 Å². The summed E-state index contributed by atoms with van der Waals surface area (Å²) in [4.78, 5) is 0. The average Bonchev–Trinajstić information content (AvgIpc) is 2.28. The number of hydrogen-bond acceptors (Lipinski definition) is 4. The summed E-state index contributed by atoms with van der Waals surface area (Å²) >= 11 is 0. The number of morpholine rings is 1. The molecule has 1 fully saturated rings. The second-order valence-corrected chi connectivity index (χ2v) is 5.91. The van der Waals surface area contributed by atoms with E-state index < -0.39 is 15.7 Å². The van der Waals surface area contributed by atoms with Crippen molar-refractivity contribution in [3.05, 3.63) is 12.7 Å². The lowest BCUT2D eigenvalue weighted by molar-refractivity contribution is -0.100. The summed E-state index contributed by atoms with van der Waals surface area (Å²) in [6.45, 7) is 6.98. The minimum absolute atomic E-state index is 0.0560. The molecule has 0 aliphatic carbocycles. The molecule has 0 aromatic heterocycles. The summed E-state index contributed by atoms with van der Waals surface area (Å²) in [5, 5.41) is 3.33. The molecule has 1 heterocycles. The molecule has 0 spiro atoms. The Kier molecular flexibility index (Phi) is 5.12. The number of ether oxygens (including phenoxy) is 1. The van der Waals surface area contributed by atoms with E-state index in [0.29, 0.717) is 19.4 Å². The van der Waals surface area contributed by atoms with Gasteiger partial charge >= 0.3 is 0 Å². The van der Waals surface area contributed by atoms with Gasteiger partial charge in [-0.25, -0.2) is 0 Å². The molecule has 0 amide bonds. The Morgan fingerprint density at radius 1 is 1.65 bits per heavy atom. The molecule has 17 heavy (non-hydrogen) atoms. The Balaban J connectivity index is 2.78. The largest absolute Gasteiger partial charge is 0.372 e. The molecule has 0 aromatic carbocycles. The van der Waals surface area contributed by atoms with Gasteiger partial charge in [0, 0.05) is 12.6 Å². The monoisotopic (exact) mass is 263 g/mol. The van der Waals surface area contributed by atoms with Gasteiger partial charge < -0.3 is 10.1 Å². The van der Waals surface area contributed by atoms with Gasteiger partial charge in [0.25, 0.3) is 10.1 Å². The molecular weight excluding hydrogens is 242 g/mol. The number of hydrogen-bond donors (Lipinski definition) is 2. The molecule has 100 valence electrons. The van der Waals surface area contributed by atoms with Crippen molar-refractivity contribution in [2.75, 3.05) is 18.9 Å². The molecule has 2 atom stereocenters. The molecule has 1 saturated heterocycles. The fraction of sp³-hybridized carbons (Fsp3) is 0.818. The van der Waals surface area contributed by atoms with Crippen LogP contribution in [0.4, 0.5) is 0 Å². The Hall–Kier alpha value is -0.430. The van der Waals surface area contributed by atoms with Crippen molar-refractivity contribution in [1.29, 1.82) is 0 Å². The van der Waals surface area contributed by atoms with Gasteiger partial charge in [0.05, 0.1) is 18.0 Å². The van der Waals surface area contributed by atoms with Gasteiger partial charge in [0.2, 0.25) is 0 Å². The Morgan fingerprint density at radius 3 is 2.88 bits per heavy atom. The highest BCUT2D eigenvalue weighted by molar-refractivity contribution is 7.85. The van der Waals surface area contributed by atoms with Crippen LogP contribution >= 0.6 is 0 Å². The third kappa shape index (κ3) is 4.06. The Morgan fingerprint density at radius 2 is 2.35 bits per heavy atom. The predicted molar refractivity (Wildman–Crippen MR) is 66.6 cm³/mol. The minimum atomic E-state index is -3.94. The van der Waals surface area contributed by atoms with E-state index in [9.17, 15) is 8.42 Å². The second-order valence-electron chi connectivity index (χ2n) is 4.33. The van der Waals surface area contributed by atoms with Crippen molar-refractivity contribution in [1.82, 2.24) is 5.32 Å². The van der Waals surface area contributed by atoms with Gasteiger partial charge in [-0.05, 0) is 19.3 Å². The second kappa shape index (κ2) is 5.95. The van der Waals surface area contributed by atoms with Crippen LogP contribution in [0, 0.1) is 0 Å². The van der Waals surface area contributed by atoms with Crippen molar-refractivity contribution in [2.45, 2.75) is 37.8 Å². The van der Waals surface area contributed by atoms with Crippen LogP contribution in [-0.4, -0.2) is 43.5 Å². The Labute approximate surface area is 103 Å². The Bertz CT molecular complexity index is 354. The molecule has 0 aromatic rings. The van der Waals surface area contributed by atoms with Crippen LogP contribution in [0.15, 0.2) is 12.7 Å². The third-order valence-corrected chi connectivity index (χ3v) is 4.02. The molecule has 0 saturated carbocycles. The highest BCUT2D eigenvalue weighted by Crippen LogP contribution is 2.30. The van der Waals surface area contributed by atoms with E-state index >= 15 is 0 Å². The van der Waals surface area contributed by atoms with E-state index in [1.165, 1.54) is 0 Å². The van der Waals surface area contributed by atoms with E-state index in [1.807, 2.05) is 6.92 Å². The fourth-order valence-corrected chi connectivity index (χ4v) is 2.92. The summed E-state index contributed by atoms with van der Waals surface area (Å²) in [6, 6.07) is 0.0560. The van der Waals surface area contributed by atoms with Crippen molar-refractivity contribution in [2.24, 2.45) is 0 Å². The number of rotatable bonds is 6. The summed E-state index contributed by atoms with van der Waals surface area (Å²) < 4.78 is 36.4. The fourth-order valence-electron chi connectivity index (χ4n) is 2.31.